The molecule has 1 fully saturated rings. The van der Waals surface area contributed by atoms with Gasteiger partial charge in [-0.1, -0.05) is 35.3 Å². The number of hydrogen-bond acceptors (Lipinski definition) is 6. The van der Waals surface area contributed by atoms with Crippen molar-refractivity contribution in [2.24, 2.45) is 0 Å². The Balaban J connectivity index is 1.55. The van der Waals surface area contributed by atoms with Crippen molar-refractivity contribution in [3.05, 3.63) is 64.5 Å². The fraction of sp³-hybridized carbons (Fsp3) is 0.227. The van der Waals surface area contributed by atoms with Crippen LogP contribution in [0.4, 0.5) is 11.4 Å². The van der Waals surface area contributed by atoms with E-state index in [1.54, 1.807) is 6.20 Å². The first-order valence-corrected chi connectivity index (χ1v) is 10.5. The Bertz CT molecular complexity index is 1120. The van der Waals surface area contributed by atoms with E-state index in [1.165, 1.54) is 18.3 Å². The number of piperazine rings is 1. The molecule has 4 rings (SSSR count). The van der Waals surface area contributed by atoms with Gasteiger partial charge in [-0.05, 0) is 25.2 Å². The Kier molecular flexibility index (Phi) is 6.27. The van der Waals surface area contributed by atoms with Gasteiger partial charge < -0.3 is 20.2 Å². The molecular formula is C22H21Cl2N5O2. The quantitative estimate of drug-likeness (QED) is 0.611. The highest BCUT2D eigenvalue weighted by molar-refractivity contribution is 6.37. The fourth-order valence-corrected chi connectivity index (χ4v) is 3.79. The summed E-state index contributed by atoms with van der Waals surface area (Å²) in [6, 6.07) is 10.7. The Morgan fingerprint density at radius 3 is 2.61 bits per heavy atom. The van der Waals surface area contributed by atoms with Crippen LogP contribution in [0.3, 0.4) is 0 Å². The van der Waals surface area contributed by atoms with Gasteiger partial charge in [-0.15, -0.1) is 0 Å². The fourth-order valence-electron chi connectivity index (χ4n) is 3.36. The largest absolute Gasteiger partial charge is 0.506 e. The molecule has 1 saturated heterocycles. The van der Waals surface area contributed by atoms with Gasteiger partial charge in [-0.2, -0.15) is 0 Å². The molecular weight excluding hydrogens is 437 g/mol. The average molecular weight is 458 g/mol. The number of likely N-dealkylation sites (N-methyl/N-ethyl adjacent to an activating group) is 1. The first-order valence-electron chi connectivity index (χ1n) is 9.76. The van der Waals surface area contributed by atoms with E-state index in [9.17, 15) is 9.90 Å². The molecule has 1 aromatic heterocycles. The maximum atomic E-state index is 12.7. The summed E-state index contributed by atoms with van der Waals surface area (Å²) in [5, 5.41) is 12.7. The molecule has 3 aromatic rings. The van der Waals surface area contributed by atoms with Crippen LogP contribution >= 0.6 is 23.2 Å². The predicted molar refractivity (Wildman–Crippen MR) is 123 cm³/mol. The minimum Gasteiger partial charge on any atom is -0.506 e. The summed E-state index contributed by atoms with van der Waals surface area (Å²) < 4.78 is 0. The summed E-state index contributed by atoms with van der Waals surface area (Å²) in [5.74, 6) is -0.671. The van der Waals surface area contributed by atoms with E-state index in [4.69, 9.17) is 23.2 Å². The van der Waals surface area contributed by atoms with Crippen molar-refractivity contribution in [2.75, 3.05) is 43.4 Å². The second-order valence-corrected chi connectivity index (χ2v) is 8.18. The van der Waals surface area contributed by atoms with Gasteiger partial charge in [-0.25, -0.2) is 4.98 Å². The summed E-state index contributed by atoms with van der Waals surface area (Å²) in [4.78, 5) is 26.0. The molecule has 0 radical (unpaired) electrons. The first kappa shape index (κ1) is 21.4. The standard InChI is InChI=1S/C22H21Cl2N5O2/c1-28-5-7-29(8-6-28)15-4-2-3-14(9-15)19-12-25-13-20(26-19)22(31)27-18-11-21(30)17(24)10-16(18)23/h2-4,9-13,30H,5-8H2,1H3,(H,27,31). The van der Waals surface area contributed by atoms with Crippen LogP contribution < -0.4 is 10.2 Å². The topological polar surface area (TPSA) is 81.6 Å². The lowest BCUT2D eigenvalue weighted by molar-refractivity contribution is 0.102. The van der Waals surface area contributed by atoms with E-state index in [1.807, 2.05) is 12.1 Å². The van der Waals surface area contributed by atoms with Crippen LogP contribution in [0.5, 0.6) is 5.75 Å². The zero-order valence-electron chi connectivity index (χ0n) is 16.8. The first-order chi connectivity index (χ1) is 14.9. The van der Waals surface area contributed by atoms with Crippen LogP contribution in [0.2, 0.25) is 10.0 Å². The van der Waals surface area contributed by atoms with E-state index in [-0.39, 0.29) is 27.2 Å². The number of carbonyl (C=O) groups excluding carboxylic acids is 1. The molecule has 0 unspecified atom stereocenters. The molecule has 0 spiro atoms. The number of carbonyl (C=O) groups is 1. The number of aromatic nitrogens is 2. The lowest BCUT2D eigenvalue weighted by atomic mass is 10.1. The van der Waals surface area contributed by atoms with Crippen molar-refractivity contribution in [3.63, 3.8) is 0 Å². The Morgan fingerprint density at radius 1 is 1.06 bits per heavy atom. The summed E-state index contributed by atoms with van der Waals surface area (Å²) in [6.07, 6.45) is 3.01. The Hall–Kier alpha value is -2.87. The number of phenols is 1. The number of aromatic hydroxyl groups is 1. The zero-order chi connectivity index (χ0) is 22.0. The van der Waals surface area contributed by atoms with Crippen molar-refractivity contribution in [2.45, 2.75) is 0 Å². The number of phenolic OH excluding ortho intramolecular Hbond substituents is 1. The van der Waals surface area contributed by atoms with Crippen LogP contribution in [-0.4, -0.2) is 59.1 Å². The van der Waals surface area contributed by atoms with E-state index in [0.29, 0.717) is 5.69 Å². The molecule has 1 aliphatic heterocycles. The summed E-state index contributed by atoms with van der Waals surface area (Å²) in [5.41, 5.74) is 2.95. The van der Waals surface area contributed by atoms with Crippen LogP contribution in [0.25, 0.3) is 11.3 Å². The number of nitrogens with one attached hydrogen (secondary N) is 1. The lowest BCUT2D eigenvalue weighted by Crippen LogP contribution is -2.44. The average Bonchev–Trinajstić information content (AvgIpc) is 2.78. The molecule has 2 heterocycles. The van der Waals surface area contributed by atoms with Gasteiger partial charge in [0.15, 0.2) is 0 Å². The van der Waals surface area contributed by atoms with Crippen molar-refractivity contribution in [1.82, 2.24) is 14.9 Å². The normalized spacial score (nSPS) is 14.5. The van der Waals surface area contributed by atoms with Crippen molar-refractivity contribution in [1.29, 1.82) is 0 Å². The Labute approximate surface area is 190 Å². The number of amides is 1. The third-order valence-electron chi connectivity index (χ3n) is 5.16. The third-order valence-corrected chi connectivity index (χ3v) is 5.78. The maximum absolute atomic E-state index is 12.7. The van der Waals surface area contributed by atoms with Crippen LogP contribution in [0.15, 0.2) is 48.8 Å². The summed E-state index contributed by atoms with van der Waals surface area (Å²) >= 11 is 11.9. The van der Waals surface area contributed by atoms with Crippen LogP contribution in [0, 0.1) is 0 Å². The minimum atomic E-state index is -0.492. The number of rotatable bonds is 4. The predicted octanol–water partition coefficient (Wildman–Crippen LogP) is 4.16. The SMILES string of the molecule is CN1CCN(c2cccc(-c3cncc(C(=O)Nc4cc(O)c(Cl)cc4Cl)n3)c2)CC1. The molecule has 9 heteroatoms. The number of halogens is 2. The van der Waals surface area contributed by atoms with Gasteiger partial charge in [-0.3, -0.25) is 9.78 Å². The molecule has 0 atom stereocenters. The highest BCUT2D eigenvalue weighted by Crippen LogP contribution is 2.33. The number of nitrogens with zero attached hydrogens (tertiary/aromatic N) is 4. The van der Waals surface area contributed by atoms with Gasteiger partial charge in [0, 0.05) is 43.5 Å². The molecule has 1 aliphatic rings. The molecule has 0 aliphatic carbocycles. The smallest absolute Gasteiger partial charge is 0.275 e. The molecule has 2 aromatic carbocycles. The Morgan fingerprint density at radius 2 is 1.84 bits per heavy atom. The van der Waals surface area contributed by atoms with Crippen LogP contribution in [0.1, 0.15) is 10.5 Å². The number of hydrogen-bond donors (Lipinski definition) is 2. The van der Waals surface area contributed by atoms with Crippen molar-refractivity contribution >= 4 is 40.5 Å². The van der Waals surface area contributed by atoms with Crippen LogP contribution in [-0.2, 0) is 0 Å². The summed E-state index contributed by atoms with van der Waals surface area (Å²) in [7, 11) is 2.12. The molecule has 160 valence electrons. The molecule has 31 heavy (non-hydrogen) atoms. The van der Waals surface area contributed by atoms with Gasteiger partial charge in [0.25, 0.3) is 5.91 Å². The molecule has 0 saturated carbocycles. The second-order valence-electron chi connectivity index (χ2n) is 7.37. The van der Waals surface area contributed by atoms with Gasteiger partial charge in [0.05, 0.1) is 33.8 Å². The van der Waals surface area contributed by atoms with E-state index >= 15 is 0 Å². The highest BCUT2D eigenvalue weighted by Gasteiger charge is 2.16. The van der Waals surface area contributed by atoms with Crippen molar-refractivity contribution in [3.8, 4) is 17.0 Å². The lowest BCUT2D eigenvalue weighted by Gasteiger charge is -2.34. The minimum absolute atomic E-state index is 0.102. The zero-order valence-corrected chi connectivity index (χ0v) is 18.4. The third kappa shape index (κ3) is 4.90. The highest BCUT2D eigenvalue weighted by atomic mass is 35.5. The molecule has 2 N–H and O–H groups in total. The summed E-state index contributed by atoms with van der Waals surface area (Å²) in [6.45, 7) is 3.95. The number of benzene rings is 2. The van der Waals surface area contributed by atoms with E-state index < -0.39 is 5.91 Å². The van der Waals surface area contributed by atoms with Gasteiger partial charge >= 0.3 is 0 Å². The molecule has 1 amide bonds. The van der Waals surface area contributed by atoms with E-state index in [0.717, 1.165) is 37.4 Å². The van der Waals surface area contributed by atoms with Crippen molar-refractivity contribution < 1.29 is 9.90 Å². The van der Waals surface area contributed by atoms with E-state index in [2.05, 4.69) is 44.3 Å². The van der Waals surface area contributed by atoms with Gasteiger partial charge in [0.2, 0.25) is 0 Å². The van der Waals surface area contributed by atoms with Gasteiger partial charge in [0.1, 0.15) is 11.4 Å². The maximum Gasteiger partial charge on any atom is 0.275 e. The monoisotopic (exact) mass is 457 g/mol. The second kappa shape index (κ2) is 9.09. The molecule has 7 nitrogen and oxygen atoms in total. The molecule has 0 bridgehead atoms. The number of anilines is 2.